The van der Waals surface area contributed by atoms with Crippen LogP contribution in [-0.4, -0.2) is 17.0 Å². The second kappa shape index (κ2) is 6.59. The summed E-state index contributed by atoms with van der Waals surface area (Å²) in [5.74, 6) is 0.897. The molecule has 0 aliphatic heterocycles. The summed E-state index contributed by atoms with van der Waals surface area (Å²) in [5, 5.41) is 3.36. The number of benzene rings is 1. The Morgan fingerprint density at radius 2 is 2.05 bits per heavy atom. The first kappa shape index (κ1) is 15.3. The van der Waals surface area contributed by atoms with Crippen molar-refractivity contribution in [1.82, 2.24) is 4.98 Å². The molecule has 21 heavy (non-hydrogen) atoms. The highest BCUT2D eigenvalue weighted by molar-refractivity contribution is 6.30. The number of hydrogen-bond acceptors (Lipinski definition) is 3. The zero-order valence-electron chi connectivity index (χ0n) is 12.2. The Morgan fingerprint density at radius 3 is 2.67 bits per heavy atom. The van der Waals surface area contributed by atoms with Crippen molar-refractivity contribution in [3.05, 3.63) is 52.7 Å². The lowest BCUT2D eigenvalue weighted by Crippen LogP contribution is -2.30. The van der Waals surface area contributed by atoms with Crippen molar-refractivity contribution in [3.63, 3.8) is 0 Å². The summed E-state index contributed by atoms with van der Waals surface area (Å²) in [5.41, 5.74) is 1.92. The Labute approximate surface area is 129 Å². The molecule has 0 radical (unpaired) electrons. The molecule has 1 aromatic heterocycles. The van der Waals surface area contributed by atoms with E-state index in [9.17, 15) is 4.79 Å². The summed E-state index contributed by atoms with van der Waals surface area (Å²) >= 11 is 5.89. The van der Waals surface area contributed by atoms with E-state index in [2.05, 4.69) is 10.3 Å². The van der Waals surface area contributed by atoms with Crippen molar-refractivity contribution >= 4 is 23.3 Å². The Balaban J connectivity index is 2.00. The predicted molar refractivity (Wildman–Crippen MR) is 83.9 cm³/mol. The number of aromatic nitrogens is 1. The van der Waals surface area contributed by atoms with Gasteiger partial charge in [-0.2, -0.15) is 0 Å². The number of amides is 1. The maximum absolute atomic E-state index is 12.1. The quantitative estimate of drug-likeness (QED) is 0.935. The molecule has 0 saturated carbocycles. The number of anilines is 1. The number of rotatable bonds is 4. The number of hydrogen-bond donors (Lipinski definition) is 1. The van der Waals surface area contributed by atoms with Crippen LogP contribution < -0.4 is 10.1 Å². The maximum Gasteiger partial charge on any atom is 0.266 e. The Hall–Kier alpha value is -2.07. The van der Waals surface area contributed by atoms with E-state index in [4.69, 9.17) is 16.3 Å². The van der Waals surface area contributed by atoms with Gasteiger partial charge < -0.3 is 10.1 Å². The van der Waals surface area contributed by atoms with Crippen LogP contribution in [0.15, 0.2) is 36.5 Å². The summed E-state index contributed by atoms with van der Waals surface area (Å²) in [6.45, 7) is 5.51. The van der Waals surface area contributed by atoms with Gasteiger partial charge in [0.05, 0.1) is 0 Å². The van der Waals surface area contributed by atoms with Gasteiger partial charge in [0.1, 0.15) is 11.6 Å². The van der Waals surface area contributed by atoms with Crippen LogP contribution in [0.4, 0.5) is 5.82 Å². The van der Waals surface area contributed by atoms with Crippen LogP contribution in [-0.2, 0) is 4.79 Å². The minimum absolute atomic E-state index is 0.249. The fraction of sp³-hybridized carbons (Fsp3) is 0.250. The molecule has 0 fully saturated rings. The second-order valence-electron chi connectivity index (χ2n) is 4.88. The average molecular weight is 305 g/mol. The van der Waals surface area contributed by atoms with Gasteiger partial charge in [-0.25, -0.2) is 4.98 Å². The molecule has 4 nitrogen and oxygen atoms in total. The van der Waals surface area contributed by atoms with Crippen LogP contribution in [0.1, 0.15) is 18.1 Å². The van der Waals surface area contributed by atoms with Crippen LogP contribution in [0.2, 0.25) is 5.02 Å². The number of carbonyl (C=O) groups excluding carboxylic acids is 1. The van der Waals surface area contributed by atoms with Crippen molar-refractivity contribution in [1.29, 1.82) is 0 Å². The third-order valence-corrected chi connectivity index (χ3v) is 3.21. The van der Waals surface area contributed by atoms with E-state index in [-0.39, 0.29) is 5.91 Å². The van der Waals surface area contributed by atoms with Gasteiger partial charge in [0, 0.05) is 11.2 Å². The molecule has 1 heterocycles. The van der Waals surface area contributed by atoms with Gasteiger partial charge in [-0.15, -0.1) is 0 Å². The highest BCUT2D eigenvalue weighted by Crippen LogP contribution is 2.23. The number of ether oxygens (including phenoxy) is 1. The summed E-state index contributed by atoms with van der Waals surface area (Å²) in [6.07, 6.45) is 1.07. The largest absolute Gasteiger partial charge is 0.481 e. The van der Waals surface area contributed by atoms with Crippen molar-refractivity contribution in [2.75, 3.05) is 5.32 Å². The topological polar surface area (TPSA) is 51.2 Å². The van der Waals surface area contributed by atoms with Crippen LogP contribution in [0.5, 0.6) is 5.75 Å². The normalized spacial score (nSPS) is 11.8. The molecule has 110 valence electrons. The minimum atomic E-state index is -0.632. The molecule has 0 saturated heterocycles. The zero-order chi connectivity index (χ0) is 15.4. The van der Waals surface area contributed by atoms with Crippen molar-refractivity contribution < 1.29 is 9.53 Å². The summed E-state index contributed by atoms with van der Waals surface area (Å²) in [4.78, 5) is 16.2. The van der Waals surface area contributed by atoms with Gasteiger partial charge in [-0.05, 0) is 56.2 Å². The third-order valence-electron chi connectivity index (χ3n) is 2.97. The first-order chi connectivity index (χ1) is 9.95. The number of pyridine rings is 1. The van der Waals surface area contributed by atoms with E-state index in [0.717, 1.165) is 11.1 Å². The molecule has 0 bridgehead atoms. The van der Waals surface area contributed by atoms with E-state index in [1.807, 2.05) is 19.9 Å². The number of nitrogens with zero attached hydrogens (tertiary/aromatic N) is 1. The fourth-order valence-corrected chi connectivity index (χ4v) is 1.99. The van der Waals surface area contributed by atoms with E-state index in [0.29, 0.717) is 16.6 Å². The van der Waals surface area contributed by atoms with Crippen LogP contribution in [0, 0.1) is 13.8 Å². The lowest BCUT2D eigenvalue weighted by atomic mass is 10.2. The summed E-state index contributed by atoms with van der Waals surface area (Å²) < 4.78 is 5.66. The molecule has 2 aromatic rings. The highest BCUT2D eigenvalue weighted by atomic mass is 35.5. The lowest BCUT2D eigenvalue weighted by molar-refractivity contribution is -0.122. The third kappa shape index (κ3) is 4.20. The van der Waals surface area contributed by atoms with E-state index < -0.39 is 6.10 Å². The van der Waals surface area contributed by atoms with Gasteiger partial charge in [-0.3, -0.25) is 4.79 Å². The first-order valence-electron chi connectivity index (χ1n) is 6.62. The molecule has 1 aromatic carbocycles. The molecule has 0 unspecified atom stereocenters. The maximum atomic E-state index is 12.1. The number of halogens is 1. The lowest BCUT2D eigenvalue weighted by Gasteiger charge is -2.16. The van der Waals surface area contributed by atoms with Gasteiger partial charge in [0.2, 0.25) is 0 Å². The Bertz CT molecular complexity index is 641. The SMILES string of the molecule is Cc1ccc(NC(=O)[C@@H](C)Oc2ccc(Cl)cc2C)nc1. The molecule has 0 spiro atoms. The van der Waals surface area contributed by atoms with Crippen molar-refractivity contribution in [3.8, 4) is 5.75 Å². The molecular weight excluding hydrogens is 288 g/mol. The first-order valence-corrected chi connectivity index (χ1v) is 7.00. The minimum Gasteiger partial charge on any atom is -0.481 e. The molecule has 1 amide bonds. The molecular formula is C16H17ClN2O2. The summed E-state index contributed by atoms with van der Waals surface area (Å²) in [6, 6.07) is 8.93. The number of aryl methyl sites for hydroxylation is 2. The van der Waals surface area contributed by atoms with E-state index in [1.165, 1.54) is 0 Å². The molecule has 2 rings (SSSR count). The van der Waals surface area contributed by atoms with Gasteiger partial charge >= 0.3 is 0 Å². The van der Waals surface area contributed by atoms with Crippen LogP contribution in [0.3, 0.4) is 0 Å². The van der Waals surface area contributed by atoms with Crippen LogP contribution >= 0.6 is 11.6 Å². The Kier molecular flexibility index (Phi) is 4.81. The molecule has 5 heteroatoms. The van der Waals surface area contributed by atoms with Gasteiger partial charge in [0.15, 0.2) is 6.10 Å². The predicted octanol–water partition coefficient (Wildman–Crippen LogP) is 3.76. The molecule has 1 atom stereocenters. The van der Waals surface area contributed by atoms with Crippen LogP contribution in [0.25, 0.3) is 0 Å². The molecule has 0 aliphatic rings. The van der Waals surface area contributed by atoms with Gasteiger partial charge in [0.25, 0.3) is 5.91 Å². The van der Waals surface area contributed by atoms with Crippen molar-refractivity contribution in [2.45, 2.75) is 26.9 Å². The second-order valence-corrected chi connectivity index (χ2v) is 5.32. The molecule has 1 N–H and O–H groups in total. The molecule has 0 aliphatic carbocycles. The summed E-state index contributed by atoms with van der Waals surface area (Å²) in [7, 11) is 0. The van der Waals surface area contributed by atoms with Crippen molar-refractivity contribution in [2.24, 2.45) is 0 Å². The average Bonchev–Trinajstić information content (AvgIpc) is 2.44. The fourth-order valence-electron chi connectivity index (χ4n) is 1.76. The van der Waals surface area contributed by atoms with E-state index in [1.54, 1.807) is 37.4 Å². The standard InChI is InChI=1S/C16H17ClN2O2/c1-10-4-7-15(18-9-10)19-16(20)12(3)21-14-6-5-13(17)8-11(14)2/h4-9,12H,1-3H3,(H,18,19,20)/t12-/m1/s1. The number of nitrogens with one attached hydrogen (secondary N) is 1. The highest BCUT2D eigenvalue weighted by Gasteiger charge is 2.16. The van der Waals surface area contributed by atoms with E-state index >= 15 is 0 Å². The number of carbonyl (C=O) groups is 1. The monoisotopic (exact) mass is 304 g/mol. The zero-order valence-corrected chi connectivity index (χ0v) is 12.9. The Morgan fingerprint density at radius 1 is 1.29 bits per heavy atom. The smallest absolute Gasteiger partial charge is 0.266 e. The van der Waals surface area contributed by atoms with Gasteiger partial charge in [-0.1, -0.05) is 17.7 Å².